The zero-order valence-corrected chi connectivity index (χ0v) is 44.1. The topological polar surface area (TPSA) is 194 Å². The van der Waals surface area contributed by atoms with E-state index in [9.17, 15) is 0 Å². The van der Waals surface area contributed by atoms with Crippen LogP contribution in [0.2, 0.25) is 0 Å². The van der Waals surface area contributed by atoms with Gasteiger partial charge in [0.05, 0.1) is 159 Å². The first-order valence-corrected chi connectivity index (χ1v) is 26.3. The van der Waals surface area contributed by atoms with Gasteiger partial charge in [0.2, 0.25) is 0 Å². The van der Waals surface area contributed by atoms with Crippen molar-refractivity contribution in [1.29, 1.82) is 0 Å². The summed E-state index contributed by atoms with van der Waals surface area (Å²) in [5.41, 5.74) is 0. The van der Waals surface area contributed by atoms with Crippen LogP contribution in [0.5, 0.6) is 23.0 Å². The second-order valence-corrected chi connectivity index (χ2v) is 16.2. The van der Waals surface area contributed by atoms with Gasteiger partial charge in [0.1, 0.15) is 38.6 Å². The summed E-state index contributed by atoms with van der Waals surface area (Å²) in [4.78, 5) is 0. The maximum absolute atomic E-state index is 5.90. The van der Waals surface area contributed by atoms with Gasteiger partial charge >= 0.3 is 0 Å². The lowest BCUT2D eigenvalue weighted by molar-refractivity contribution is -0.143. The minimum absolute atomic E-state index is 0.0494. The van der Waals surface area contributed by atoms with Gasteiger partial charge in [-0.25, -0.2) is 0 Å². The minimum atomic E-state index is -0.131. The summed E-state index contributed by atoms with van der Waals surface area (Å²) in [7, 11) is 0. The molecule has 3 aliphatic heterocycles. The first-order valence-electron chi connectivity index (χ1n) is 26.3. The van der Waals surface area contributed by atoms with Crippen molar-refractivity contribution in [2.45, 2.75) is 25.0 Å². The lowest BCUT2D eigenvalue weighted by atomic mass is 10.1. The molecule has 5 aliphatic rings. The molecule has 0 amide bonds. The smallest absolute Gasteiger partial charge is 0.191 e. The van der Waals surface area contributed by atoms with Crippen molar-refractivity contribution < 1.29 is 99.5 Å². The summed E-state index contributed by atoms with van der Waals surface area (Å²) in [6.07, 6.45) is 13.5. The average Bonchev–Trinajstić information content (AvgIpc) is 3.45. The zero-order chi connectivity index (χ0) is 52.7. The van der Waals surface area contributed by atoms with Crippen LogP contribution >= 0.6 is 0 Å². The van der Waals surface area contributed by atoms with Gasteiger partial charge in [-0.1, -0.05) is 48.6 Å². The molecule has 0 spiro atoms. The normalized spacial score (nSPS) is 23.3. The number of rotatable bonds is 0. The molecule has 0 radical (unpaired) electrons. The molecule has 2 unspecified atom stereocenters. The molecule has 0 N–H and O–H groups in total. The fraction of sp³-hybridized carbons (Fsp3) is 0.636. The van der Waals surface area contributed by atoms with E-state index < -0.39 is 0 Å². The van der Waals surface area contributed by atoms with Crippen molar-refractivity contribution in [1.82, 2.24) is 0 Å². The van der Waals surface area contributed by atoms with Crippen LogP contribution < -0.4 is 18.9 Å². The van der Waals surface area contributed by atoms with E-state index in [0.29, 0.717) is 214 Å². The molecule has 2 aromatic carbocycles. The maximum Gasteiger partial charge on any atom is 0.191 e. The van der Waals surface area contributed by atoms with Crippen LogP contribution in [0.15, 0.2) is 96.5 Å². The van der Waals surface area contributed by atoms with Crippen LogP contribution in [-0.4, -0.2) is 218 Å². The predicted molar refractivity (Wildman–Crippen MR) is 276 cm³/mol. The molecule has 0 bridgehead atoms. The van der Waals surface area contributed by atoms with Crippen LogP contribution in [0.1, 0.15) is 12.8 Å². The number of hydrogen-bond donors (Lipinski definition) is 0. The molecule has 2 aromatic rings. The fourth-order valence-corrected chi connectivity index (χ4v) is 6.87. The molecule has 428 valence electrons. The molecule has 2 atom stereocenters. The van der Waals surface area contributed by atoms with Crippen molar-refractivity contribution >= 4 is 0 Å². The van der Waals surface area contributed by atoms with Crippen molar-refractivity contribution in [2.24, 2.45) is 0 Å². The third kappa shape index (κ3) is 30.5. The van der Waals surface area contributed by atoms with Crippen LogP contribution in [-0.2, 0) is 80.5 Å². The highest BCUT2D eigenvalue weighted by Gasteiger charge is 2.20. The standard InChI is InChI=1S/C24H34O8.C19H24O7.C12H24O6/c1-2-6-22-21(5-1)29-17-13-25-9-10-27-15-19-31-23-7-3-4-8-24(23)32-20-16-28-12-11-26-14-18-30-22;1-3-7-18-16(5-1)23-11-9-20-10-12-24-17-6-2-4-8-19(17)26-15-22-13-21-14-25-18;1-2-14-5-6-16-9-10-18-12-11-17-8-7-15-4-3-13-1/h1-8,21-22H,9-20H2;1,3,5-8H,2,4,9-15H2;1-12H2. The Labute approximate surface area is 448 Å². The van der Waals surface area contributed by atoms with Gasteiger partial charge in [-0.05, 0) is 49.3 Å². The van der Waals surface area contributed by atoms with E-state index in [-0.39, 0.29) is 32.6 Å². The molecule has 0 aromatic heterocycles. The predicted octanol–water partition coefficient (Wildman–Crippen LogP) is 5.50. The number of ether oxygens (including phenoxy) is 21. The van der Waals surface area contributed by atoms with Gasteiger partial charge in [0.15, 0.2) is 54.9 Å². The molecule has 1 saturated heterocycles. The average molecular weight is 1080 g/mol. The third-order valence-electron chi connectivity index (χ3n) is 10.6. The van der Waals surface area contributed by atoms with Crippen LogP contribution in [0.4, 0.5) is 0 Å². The Morgan fingerprint density at radius 1 is 0.250 bits per heavy atom. The molecule has 21 nitrogen and oxygen atoms in total. The van der Waals surface area contributed by atoms with Crippen LogP contribution in [0.25, 0.3) is 0 Å². The van der Waals surface area contributed by atoms with Crippen molar-refractivity contribution in [3.05, 3.63) is 96.5 Å². The van der Waals surface area contributed by atoms with E-state index in [1.54, 1.807) is 0 Å². The maximum atomic E-state index is 5.90. The van der Waals surface area contributed by atoms with E-state index in [4.69, 9.17) is 99.5 Å². The molecule has 3 heterocycles. The van der Waals surface area contributed by atoms with Gasteiger partial charge in [-0.2, -0.15) is 0 Å². The second kappa shape index (κ2) is 44.6. The van der Waals surface area contributed by atoms with Gasteiger partial charge in [0, 0.05) is 0 Å². The Bertz CT molecular complexity index is 1640. The Morgan fingerprint density at radius 3 is 0.882 bits per heavy atom. The summed E-state index contributed by atoms with van der Waals surface area (Å²) in [5, 5.41) is 0. The summed E-state index contributed by atoms with van der Waals surface area (Å²) in [5.74, 6) is 4.03. The minimum Gasteiger partial charge on any atom is -0.488 e. The van der Waals surface area contributed by atoms with E-state index in [1.807, 2.05) is 85.0 Å². The number of allylic oxidation sites excluding steroid dienone is 4. The molecule has 7 rings (SSSR count). The quantitative estimate of drug-likeness (QED) is 0.321. The molecule has 2 aliphatic carbocycles. The van der Waals surface area contributed by atoms with E-state index in [2.05, 4.69) is 0 Å². The van der Waals surface area contributed by atoms with Gasteiger partial charge in [-0.15, -0.1) is 0 Å². The second-order valence-electron chi connectivity index (χ2n) is 16.2. The Morgan fingerprint density at radius 2 is 0.526 bits per heavy atom. The molecule has 76 heavy (non-hydrogen) atoms. The number of fused-ring (bicyclic) bond motifs is 4. The molecular formula is C55H82O21. The highest BCUT2D eigenvalue weighted by Crippen LogP contribution is 2.27. The summed E-state index contributed by atoms with van der Waals surface area (Å²) in [6.45, 7) is 14.7. The van der Waals surface area contributed by atoms with E-state index >= 15 is 0 Å². The largest absolute Gasteiger partial charge is 0.488 e. The van der Waals surface area contributed by atoms with Crippen molar-refractivity contribution in [3.8, 4) is 23.0 Å². The van der Waals surface area contributed by atoms with Crippen molar-refractivity contribution in [2.75, 3.05) is 205 Å². The highest BCUT2D eigenvalue weighted by atomic mass is 16.8. The Kier molecular flexibility index (Phi) is 36.6. The molecule has 1 fully saturated rings. The van der Waals surface area contributed by atoms with Crippen LogP contribution in [0.3, 0.4) is 0 Å². The summed E-state index contributed by atoms with van der Waals surface area (Å²) < 4.78 is 116. The number of para-hydroxylation sites is 4. The first-order chi connectivity index (χ1) is 37.9. The zero-order valence-electron chi connectivity index (χ0n) is 44.1. The van der Waals surface area contributed by atoms with Crippen molar-refractivity contribution in [3.63, 3.8) is 0 Å². The first kappa shape index (κ1) is 62.4. The monoisotopic (exact) mass is 1080 g/mol. The van der Waals surface area contributed by atoms with Gasteiger partial charge < -0.3 is 99.5 Å². The lowest BCUT2D eigenvalue weighted by Gasteiger charge is -2.24. The van der Waals surface area contributed by atoms with E-state index in [1.165, 1.54) is 0 Å². The molecular weight excluding hydrogens is 997 g/mol. The van der Waals surface area contributed by atoms with Gasteiger partial charge in [-0.3, -0.25) is 0 Å². The third-order valence-corrected chi connectivity index (χ3v) is 10.6. The van der Waals surface area contributed by atoms with Gasteiger partial charge in [0.25, 0.3) is 0 Å². The summed E-state index contributed by atoms with van der Waals surface area (Å²) in [6, 6.07) is 15.0. The highest BCUT2D eigenvalue weighted by molar-refractivity contribution is 5.40. The Balaban J connectivity index is 0.000000219. The molecule has 21 heteroatoms. The van der Waals surface area contributed by atoms with Crippen LogP contribution in [0, 0.1) is 0 Å². The summed E-state index contributed by atoms with van der Waals surface area (Å²) >= 11 is 0. The SMILES string of the molecule is C1=C2OCCOCCOc3ccccc3OCOCOCOC2=CCC1.C1=CC2OCCOCCOCCOc3ccccc3OCCOCCOCCOC2C=C1.C1COCCOCCOCCOCCOCCO1. The number of benzene rings is 2. The van der Waals surface area contributed by atoms with E-state index in [0.717, 1.165) is 18.6 Å². The molecule has 0 saturated carbocycles. The lowest BCUT2D eigenvalue weighted by Crippen LogP contribution is -2.32. The number of hydrogen-bond acceptors (Lipinski definition) is 21. The fourth-order valence-electron chi connectivity index (χ4n) is 6.87. The Hall–Kier alpha value is -4.40.